The van der Waals surface area contributed by atoms with Gasteiger partial charge >= 0.3 is 0 Å². The van der Waals surface area contributed by atoms with Crippen molar-refractivity contribution in [2.24, 2.45) is 0 Å². The van der Waals surface area contributed by atoms with E-state index in [-0.39, 0.29) is 14.9 Å². The summed E-state index contributed by atoms with van der Waals surface area (Å²) in [7, 11) is 0. The molecule has 0 nitrogen and oxygen atoms in total. The predicted octanol–water partition coefficient (Wildman–Crippen LogP) is 3.77. The van der Waals surface area contributed by atoms with Crippen molar-refractivity contribution < 1.29 is 0 Å². The zero-order valence-corrected chi connectivity index (χ0v) is 7.17. The van der Waals surface area contributed by atoms with E-state index in [2.05, 4.69) is 27.1 Å². The molecule has 0 saturated heterocycles. The third-order valence-corrected chi connectivity index (χ3v) is 6.04. The Balaban J connectivity index is -0.000000245. The van der Waals surface area contributed by atoms with E-state index in [1.807, 2.05) is 0 Å². The second-order valence-corrected chi connectivity index (χ2v) is 6.87. The Hall–Kier alpha value is 0.300. The van der Waals surface area contributed by atoms with Gasteiger partial charge in [0, 0.05) is 0 Å². The molecule has 0 aromatic carbocycles. The van der Waals surface area contributed by atoms with E-state index >= 15 is 0 Å². The Morgan fingerprint density at radius 2 is 1.10 bits per heavy atom. The van der Waals surface area contributed by atoms with E-state index in [9.17, 15) is 0 Å². The standard InChI is InChI=1S/C7H17P.2CH4/c1-5-8(4,6-2)7-3;;/h4-7H2,1-3H3;2*1H4. The molecule has 0 saturated carbocycles. The monoisotopic (exact) mass is 164 g/mol. The van der Waals surface area contributed by atoms with Crippen LogP contribution in [-0.2, 0) is 0 Å². The van der Waals surface area contributed by atoms with Crippen molar-refractivity contribution in [3.8, 4) is 0 Å². The Bertz CT molecular complexity index is 75.9. The summed E-state index contributed by atoms with van der Waals surface area (Å²) in [4.78, 5) is 0. The molecule has 0 aliphatic heterocycles. The molecule has 0 unspecified atom stereocenters. The lowest BCUT2D eigenvalue weighted by Gasteiger charge is -2.17. The van der Waals surface area contributed by atoms with Gasteiger partial charge in [0.25, 0.3) is 0 Å². The smallest absolute Gasteiger partial charge is 0.0361 e. The average Bonchev–Trinajstić information content (AvgIpc) is 1.87. The highest BCUT2D eigenvalue weighted by Crippen LogP contribution is 2.42. The summed E-state index contributed by atoms with van der Waals surface area (Å²) in [5.74, 6) is 0. The number of hydrogen-bond donors (Lipinski definition) is 0. The summed E-state index contributed by atoms with van der Waals surface area (Å²) in [5, 5.41) is 0. The van der Waals surface area contributed by atoms with E-state index in [0.717, 1.165) is 0 Å². The molecule has 0 aliphatic carbocycles. The Morgan fingerprint density at radius 3 is 1.10 bits per heavy atom. The van der Waals surface area contributed by atoms with Crippen LogP contribution in [-0.4, -0.2) is 24.8 Å². The lowest BCUT2D eigenvalue weighted by atomic mass is 10.9. The zero-order valence-electron chi connectivity index (χ0n) is 6.28. The van der Waals surface area contributed by atoms with Gasteiger partial charge in [0.15, 0.2) is 0 Å². The first-order valence-corrected chi connectivity index (χ1v) is 5.92. The van der Waals surface area contributed by atoms with Crippen LogP contribution < -0.4 is 0 Å². The molecule has 0 radical (unpaired) electrons. The molecular weight excluding hydrogens is 139 g/mol. The first-order chi connectivity index (χ1) is 3.68. The third kappa shape index (κ3) is 5.11. The van der Waals surface area contributed by atoms with Crippen molar-refractivity contribution in [3.63, 3.8) is 0 Å². The summed E-state index contributed by atoms with van der Waals surface area (Å²) >= 11 is 0. The maximum Gasteiger partial charge on any atom is -0.0361 e. The van der Waals surface area contributed by atoms with Crippen LogP contribution in [0.3, 0.4) is 0 Å². The fraction of sp³-hybridized carbons (Fsp3) is 0.889. The van der Waals surface area contributed by atoms with Crippen LogP contribution in [0.1, 0.15) is 35.6 Å². The Morgan fingerprint density at radius 1 is 0.900 bits per heavy atom. The Labute approximate surface area is 68.0 Å². The summed E-state index contributed by atoms with van der Waals surface area (Å²) in [6.45, 7) is 6.11. The summed E-state index contributed by atoms with van der Waals surface area (Å²) < 4.78 is 0. The summed E-state index contributed by atoms with van der Waals surface area (Å²) in [5.41, 5.74) is 0. The number of hydrogen-bond acceptors (Lipinski definition) is 0. The van der Waals surface area contributed by atoms with Gasteiger partial charge in [-0.3, -0.25) is 0 Å². The first kappa shape index (κ1) is 16.7. The van der Waals surface area contributed by atoms with Gasteiger partial charge in [-0.05, 0) is 18.5 Å². The first-order valence-electron chi connectivity index (χ1n) is 3.39. The highest BCUT2D eigenvalue weighted by molar-refractivity contribution is 7.73. The van der Waals surface area contributed by atoms with Crippen molar-refractivity contribution in [3.05, 3.63) is 0 Å². The van der Waals surface area contributed by atoms with Gasteiger partial charge in [-0.1, -0.05) is 35.6 Å². The van der Waals surface area contributed by atoms with Crippen LogP contribution in [0.15, 0.2) is 0 Å². The van der Waals surface area contributed by atoms with Gasteiger partial charge in [-0.25, -0.2) is 0 Å². The van der Waals surface area contributed by atoms with Crippen molar-refractivity contribution in [2.75, 3.05) is 18.5 Å². The van der Waals surface area contributed by atoms with Crippen LogP contribution in [0, 0.1) is 0 Å². The molecule has 0 spiro atoms. The highest BCUT2D eigenvalue weighted by Gasteiger charge is 2.03. The largest absolute Gasteiger partial charge is 0.113 e. The van der Waals surface area contributed by atoms with Crippen molar-refractivity contribution in [2.45, 2.75) is 35.6 Å². The maximum absolute atomic E-state index is 4.24. The second-order valence-electron chi connectivity index (χ2n) is 2.29. The van der Waals surface area contributed by atoms with Crippen molar-refractivity contribution in [1.82, 2.24) is 0 Å². The SMILES string of the molecule is C.C.C=P(CC)(CC)CC. The fourth-order valence-corrected chi connectivity index (χ4v) is 2.01. The van der Waals surface area contributed by atoms with Gasteiger partial charge < -0.3 is 0 Å². The van der Waals surface area contributed by atoms with Crippen molar-refractivity contribution >= 4 is 13.2 Å². The van der Waals surface area contributed by atoms with Crippen LogP contribution in [0.2, 0.25) is 0 Å². The molecule has 0 bridgehead atoms. The van der Waals surface area contributed by atoms with Gasteiger partial charge in [0.05, 0.1) is 0 Å². The molecule has 0 aromatic heterocycles. The molecule has 0 aromatic rings. The molecule has 0 heterocycles. The predicted molar refractivity (Wildman–Crippen MR) is 59.1 cm³/mol. The second kappa shape index (κ2) is 7.41. The fourth-order valence-electron chi connectivity index (χ4n) is 0.671. The normalized spacial score (nSPS) is 9.50. The van der Waals surface area contributed by atoms with E-state index in [1.54, 1.807) is 0 Å². The number of rotatable bonds is 3. The molecule has 0 rings (SSSR count). The molecule has 0 aliphatic rings. The van der Waals surface area contributed by atoms with Gasteiger partial charge in [0.1, 0.15) is 0 Å². The van der Waals surface area contributed by atoms with Crippen LogP contribution in [0.25, 0.3) is 0 Å². The third-order valence-electron chi connectivity index (χ3n) is 2.01. The van der Waals surface area contributed by atoms with E-state index in [4.69, 9.17) is 0 Å². The van der Waals surface area contributed by atoms with Crippen LogP contribution in [0.5, 0.6) is 0 Å². The quantitative estimate of drug-likeness (QED) is 0.557. The molecule has 66 valence electrons. The molecule has 0 fully saturated rings. The topological polar surface area (TPSA) is 0 Å². The Kier molecular flexibility index (Phi) is 12.4. The van der Waals surface area contributed by atoms with E-state index in [0.29, 0.717) is 0 Å². The van der Waals surface area contributed by atoms with E-state index in [1.165, 1.54) is 18.5 Å². The minimum Gasteiger partial charge on any atom is -0.113 e. The van der Waals surface area contributed by atoms with Gasteiger partial charge in [-0.2, -0.15) is 0 Å². The molecule has 0 N–H and O–H groups in total. The lowest BCUT2D eigenvalue weighted by Crippen LogP contribution is -1.91. The van der Waals surface area contributed by atoms with Gasteiger partial charge in [-0.15, -0.1) is 13.2 Å². The summed E-state index contributed by atoms with van der Waals surface area (Å²) in [6.07, 6.45) is 8.19. The zero-order chi connectivity index (χ0) is 6.62. The minimum absolute atomic E-state index is 0. The van der Waals surface area contributed by atoms with Crippen LogP contribution >= 0.6 is 6.89 Å². The summed E-state index contributed by atoms with van der Waals surface area (Å²) in [6, 6.07) is 0. The molecule has 0 amide bonds. The van der Waals surface area contributed by atoms with Crippen molar-refractivity contribution in [1.29, 1.82) is 0 Å². The average molecular weight is 164 g/mol. The van der Waals surface area contributed by atoms with E-state index < -0.39 is 6.89 Å². The van der Waals surface area contributed by atoms with Gasteiger partial charge in [0.2, 0.25) is 0 Å². The maximum atomic E-state index is 4.24. The molecule has 1 heteroatoms. The molecule has 0 atom stereocenters. The highest BCUT2D eigenvalue weighted by atomic mass is 31.2. The lowest BCUT2D eigenvalue weighted by molar-refractivity contribution is 1.34. The van der Waals surface area contributed by atoms with Crippen LogP contribution in [0.4, 0.5) is 0 Å². The molecular formula is C9H25P. The minimum atomic E-state index is -0.662. The molecule has 10 heavy (non-hydrogen) atoms.